The zero-order valence-electron chi connectivity index (χ0n) is 10.2. The SMILES string of the molecule is CCCCCOP(=S)([S-])OCC(C)C.[K+]. The van der Waals surface area contributed by atoms with Gasteiger partial charge in [-0.15, -0.1) is 0 Å². The van der Waals surface area contributed by atoms with Gasteiger partial charge in [-0.1, -0.05) is 45.4 Å². The van der Waals surface area contributed by atoms with Crippen LogP contribution in [0.15, 0.2) is 0 Å². The second-order valence-corrected chi connectivity index (χ2v) is 8.67. The molecule has 86 valence electrons. The third-order valence-electron chi connectivity index (χ3n) is 1.56. The van der Waals surface area contributed by atoms with Crippen molar-refractivity contribution in [2.24, 2.45) is 5.92 Å². The van der Waals surface area contributed by atoms with Crippen LogP contribution in [0.5, 0.6) is 0 Å². The molecule has 1 unspecified atom stereocenters. The summed E-state index contributed by atoms with van der Waals surface area (Å²) in [7, 11) is 0. The first-order valence-electron chi connectivity index (χ1n) is 5.08. The van der Waals surface area contributed by atoms with Crippen molar-refractivity contribution >= 4 is 29.7 Å². The van der Waals surface area contributed by atoms with E-state index in [1.165, 1.54) is 6.42 Å². The Morgan fingerprint density at radius 1 is 1.27 bits per heavy atom. The second kappa shape index (κ2) is 11.6. The minimum absolute atomic E-state index is 0. The van der Waals surface area contributed by atoms with Gasteiger partial charge in [-0.3, -0.25) is 0 Å². The first kappa shape index (κ1) is 19.9. The van der Waals surface area contributed by atoms with Gasteiger partial charge >= 0.3 is 51.4 Å². The van der Waals surface area contributed by atoms with E-state index in [1.54, 1.807) is 0 Å². The van der Waals surface area contributed by atoms with Crippen molar-refractivity contribution in [3.63, 3.8) is 0 Å². The van der Waals surface area contributed by atoms with Crippen molar-refractivity contribution < 1.29 is 60.4 Å². The maximum Gasteiger partial charge on any atom is 1.00 e. The second-order valence-electron chi connectivity index (χ2n) is 3.68. The minimum Gasteiger partial charge on any atom is -0.691 e. The molecule has 0 aromatic heterocycles. The molecule has 6 heteroatoms. The summed E-state index contributed by atoms with van der Waals surface area (Å²) < 4.78 is 10.8. The van der Waals surface area contributed by atoms with E-state index in [0.717, 1.165) is 12.8 Å². The number of hydrogen-bond acceptors (Lipinski definition) is 4. The van der Waals surface area contributed by atoms with Crippen molar-refractivity contribution in [1.82, 2.24) is 0 Å². The average molecular weight is 294 g/mol. The molecule has 0 spiro atoms. The Bertz CT molecular complexity index is 191. The molecule has 0 aliphatic rings. The van der Waals surface area contributed by atoms with Gasteiger partial charge in [0.1, 0.15) is 0 Å². The van der Waals surface area contributed by atoms with Crippen LogP contribution in [0.1, 0.15) is 40.0 Å². The Hall–Kier alpha value is 2.56. The first-order valence-corrected chi connectivity index (χ1v) is 8.73. The smallest absolute Gasteiger partial charge is 0.691 e. The predicted octanol–water partition coefficient (Wildman–Crippen LogP) is 0.641. The molecule has 0 radical (unpaired) electrons. The van der Waals surface area contributed by atoms with Crippen LogP contribution in [-0.2, 0) is 33.1 Å². The third kappa shape index (κ3) is 14.5. The van der Waals surface area contributed by atoms with Crippen molar-refractivity contribution in [3.05, 3.63) is 0 Å². The maximum absolute atomic E-state index is 5.40. The van der Waals surface area contributed by atoms with Crippen molar-refractivity contribution in [3.8, 4) is 0 Å². The van der Waals surface area contributed by atoms with Crippen LogP contribution in [0, 0.1) is 5.92 Å². The van der Waals surface area contributed by atoms with Crippen molar-refractivity contribution in [2.45, 2.75) is 40.0 Å². The van der Waals surface area contributed by atoms with Gasteiger partial charge in [-0.2, -0.15) is 0 Å². The molecule has 0 fully saturated rings. The van der Waals surface area contributed by atoms with Gasteiger partial charge < -0.3 is 21.3 Å². The van der Waals surface area contributed by atoms with Gasteiger partial charge in [0.2, 0.25) is 0 Å². The Morgan fingerprint density at radius 2 is 1.87 bits per heavy atom. The van der Waals surface area contributed by atoms with Gasteiger partial charge in [0.15, 0.2) is 0 Å². The van der Waals surface area contributed by atoms with E-state index in [9.17, 15) is 0 Å². The molecule has 0 rings (SSSR count). The van der Waals surface area contributed by atoms with Gasteiger partial charge in [0, 0.05) is 0 Å². The Balaban J connectivity index is 0. The van der Waals surface area contributed by atoms with Crippen LogP contribution >= 0.6 is 5.69 Å². The van der Waals surface area contributed by atoms with Crippen molar-refractivity contribution in [2.75, 3.05) is 13.2 Å². The van der Waals surface area contributed by atoms with E-state index in [2.05, 4.69) is 20.8 Å². The summed E-state index contributed by atoms with van der Waals surface area (Å²) in [6.45, 7) is 7.55. The molecule has 0 aromatic carbocycles. The number of rotatable bonds is 8. The fourth-order valence-electron chi connectivity index (χ4n) is 0.806. The van der Waals surface area contributed by atoms with Crippen LogP contribution in [0.3, 0.4) is 0 Å². The molecule has 0 amide bonds. The maximum atomic E-state index is 5.40. The molecule has 0 bridgehead atoms. The van der Waals surface area contributed by atoms with Crippen LogP contribution in [0.25, 0.3) is 0 Å². The molecule has 2 nitrogen and oxygen atoms in total. The minimum atomic E-state index is -2.37. The Morgan fingerprint density at radius 3 is 2.33 bits per heavy atom. The van der Waals surface area contributed by atoms with E-state index in [1.807, 2.05) is 0 Å². The molecule has 0 saturated carbocycles. The summed E-state index contributed by atoms with van der Waals surface area (Å²) in [6.07, 6.45) is 3.36. The van der Waals surface area contributed by atoms with E-state index in [4.69, 9.17) is 33.1 Å². The molecular weight excluding hydrogens is 274 g/mol. The van der Waals surface area contributed by atoms with Gasteiger partial charge in [0.05, 0.1) is 18.9 Å². The van der Waals surface area contributed by atoms with Crippen molar-refractivity contribution in [1.29, 1.82) is 0 Å². The summed E-state index contributed by atoms with van der Waals surface area (Å²) in [6, 6.07) is 0. The molecule has 0 aliphatic carbocycles. The molecule has 1 atom stereocenters. The molecule has 0 saturated heterocycles. The average Bonchev–Trinajstić information content (AvgIpc) is 2.10. The zero-order chi connectivity index (χ0) is 11.0. The van der Waals surface area contributed by atoms with E-state index in [0.29, 0.717) is 19.1 Å². The van der Waals surface area contributed by atoms with Gasteiger partial charge in [-0.05, 0) is 12.3 Å². The van der Waals surface area contributed by atoms with Crippen LogP contribution in [0.2, 0.25) is 0 Å². The molecule has 0 aromatic rings. The molecule has 0 N–H and O–H groups in total. The fourth-order valence-corrected chi connectivity index (χ4v) is 2.53. The monoisotopic (exact) mass is 294 g/mol. The summed E-state index contributed by atoms with van der Waals surface area (Å²) >= 11 is 10.2. The van der Waals surface area contributed by atoms with E-state index < -0.39 is 5.69 Å². The topological polar surface area (TPSA) is 18.5 Å². The summed E-state index contributed by atoms with van der Waals surface area (Å²) in [5.74, 6) is 0.458. The predicted molar refractivity (Wildman–Crippen MR) is 67.9 cm³/mol. The van der Waals surface area contributed by atoms with Crippen LogP contribution in [-0.4, -0.2) is 13.2 Å². The largest absolute Gasteiger partial charge is 1.00 e. The molecule has 0 aliphatic heterocycles. The Labute approximate surface area is 147 Å². The van der Waals surface area contributed by atoms with Crippen LogP contribution < -0.4 is 51.4 Å². The van der Waals surface area contributed by atoms with Crippen LogP contribution in [0.4, 0.5) is 0 Å². The Kier molecular flexibility index (Phi) is 15.4. The summed E-state index contributed by atoms with van der Waals surface area (Å²) in [5.41, 5.74) is -2.37. The quantitative estimate of drug-likeness (QED) is 0.283. The zero-order valence-corrected chi connectivity index (χ0v) is 15.8. The van der Waals surface area contributed by atoms with Gasteiger partial charge in [0.25, 0.3) is 0 Å². The normalized spacial score (nSPS) is 14.7. The molecule has 0 heterocycles. The standard InChI is InChI=1S/C9H21O2PS2.K/c1-4-5-6-7-10-12(13,14)11-8-9(2)3;/h9H,4-8H2,1-3H3,(H,13,14);/q;+1/p-1. The summed E-state index contributed by atoms with van der Waals surface area (Å²) in [4.78, 5) is 0. The number of unbranched alkanes of at least 4 members (excludes halogenated alkanes) is 2. The van der Waals surface area contributed by atoms with E-state index in [-0.39, 0.29) is 51.4 Å². The van der Waals surface area contributed by atoms with E-state index >= 15 is 0 Å². The first-order chi connectivity index (χ1) is 6.48. The fraction of sp³-hybridized carbons (Fsp3) is 1.00. The summed E-state index contributed by atoms with van der Waals surface area (Å²) in [5, 5.41) is 0. The molecule has 15 heavy (non-hydrogen) atoms. The molecular formula is C9H20KO2PS2. The number of hydrogen-bond donors (Lipinski definition) is 0. The third-order valence-corrected chi connectivity index (χ3v) is 3.79. The van der Waals surface area contributed by atoms with Gasteiger partial charge in [-0.25, -0.2) is 0 Å².